The molecule has 27 heavy (non-hydrogen) atoms. The maximum absolute atomic E-state index is 12.6. The molecule has 11 heteroatoms. The Morgan fingerprint density at radius 2 is 1.93 bits per heavy atom. The van der Waals surface area contributed by atoms with E-state index in [2.05, 4.69) is 5.32 Å². The molecule has 1 N–H and O–H groups in total. The van der Waals surface area contributed by atoms with Crippen molar-refractivity contribution >= 4 is 44.8 Å². The number of carbonyl (C=O) groups is 2. The summed E-state index contributed by atoms with van der Waals surface area (Å²) in [6.45, 7) is 2.45. The largest absolute Gasteiger partial charge is 0.459 e. The van der Waals surface area contributed by atoms with Crippen molar-refractivity contribution in [1.82, 2.24) is 14.5 Å². The molecular weight excluding hydrogens is 414 g/mol. The van der Waals surface area contributed by atoms with Crippen molar-refractivity contribution in [2.45, 2.75) is 17.2 Å². The van der Waals surface area contributed by atoms with Crippen LogP contribution in [-0.2, 0) is 14.8 Å². The van der Waals surface area contributed by atoms with Gasteiger partial charge < -0.3 is 14.6 Å². The minimum absolute atomic E-state index is 0.125. The highest BCUT2D eigenvalue weighted by Gasteiger charge is 2.32. The van der Waals surface area contributed by atoms with Crippen LogP contribution >= 0.6 is 22.9 Å². The maximum Gasteiger partial charge on any atom is 0.287 e. The summed E-state index contributed by atoms with van der Waals surface area (Å²) in [6, 6.07) is 5.37. The van der Waals surface area contributed by atoms with E-state index >= 15 is 0 Å². The minimum atomic E-state index is -3.61. The molecule has 1 aliphatic rings. The minimum Gasteiger partial charge on any atom is -0.459 e. The predicted octanol–water partition coefficient (Wildman–Crippen LogP) is 1.65. The number of hydrogen-bond acceptors (Lipinski definition) is 6. The summed E-state index contributed by atoms with van der Waals surface area (Å²) in [5.74, 6) is -0.622. The zero-order valence-electron chi connectivity index (χ0n) is 14.4. The van der Waals surface area contributed by atoms with Gasteiger partial charge >= 0.3 is 0 Å². The van der Waals surface area contributed by atoms with Crippen molar-refractivity contribution in [3.63, 3.8) is 0 Å². The Balaban J connectivity index is 1.56. The number of rotatable bonds is 5. The first kappa shape index (κ1) is 19.9. The third-order valence-electron chi connectivity index (χ3n) is 4.16. The van der Waals surface area contributed by atoms with Gasteiger partial charge in [-0.15, -0.1) is 11.3 Å². The van der Waals surface area contributed by atoms with Crippen LogP contribution in [0.2, 0.25) is 4.34 Å². The summed E-state index contributed by atoms with van der Waals surface area (Å²) in [5.41, 5.74) is 0. The lowest BCUT2D eigenvalue weighted by molar-refractivity contribution is -0.134. The lowest BCUT2D eigenvalue weighted by atomic mass is 10.2. The van der Waals surface area contributed by atoms with Gasteiger partial charge in [-0.25, -0.2) is 8.42 Å². The summed E-state index contributed by atoms with van der Waals surface area (Å²) in [4.78, 5) is 26.0. The number of nitrogens with one attached hydrogen (secondary N) is 1. The summed E-state index contributed by atoms with van der Waals surface area (Å²) < 4.78 is 32.1. The smallest absolute Gasteiger partial charge is 0.287 e. The fourth-order valence-corrected chi connectivity index (χ4v) is 5.78. The molecule has 0 aliphatic carbocycles. The molecule has 3 rings (SSSR count). The van der Waals surface area contributed by atoms with Gasteiger partial charge in [0.1, 0.15) is 10.3 Å². The average Bonchev–Trinajstić information content (AvgIpc) is 3.33. The number of sulfonamides is 1. The van der Waals surface area contributed by atoms with Crippen LogP contribution in [0.15, 0.2) is 39.2 Å². The van der Waals surface area contributed by atoms with Gasteiger partial charge in [-0.3, -0.25) is 9.59 Å². The molecule has 1 atom stereocenters. The molecule has 1 saturated heterocycles. The van der Waals surface area contributed by atoms with Crippen LogP contribution in [0.25, 0.3) is 0 Å². The number of carbonyl (C=O) groups excluding carboxylic acids is 2. The third-order valence-corrected chi connectivity index (χ3v) is 7.75. The molecule has 0 aromatic carbocycles. The second-order valence-corrected chi connectivity index (χ2v) is 9.84. The van der Waals surface area contributed by atoms with Crippen LogP contribution in [-0.4, -0.2) is 61.7 Å². The fourth-order valence-electron chi connectivity index (χ4n) is 2.72. The topological polar surface area (TPSA) is 99.9 Å². The Morgan fingerprint density at radius 3 is 2.48 bits per heavy atom. The summed E-state index contributed by atoms with van der Waals surface area (Å²) in [7, 11) is -3.61. The van der Waals surface area contributed by atoms with Gasteiger partial charge in [0.15, 0.2) is 5.76 Å². The first-order valence-electron chi connectivity index (χ1n) is 8.17. The van der Waals surface area contributed by atoms with Crippen molar-refractivity contribution in [3.05, 3.63) is 40.6 Å². The molecular formula is C16H18ClN3O5S2. The van der Waals surface area contributed by atoms with Crippen LogP contribution in [0.1, 0.15) is 17.5 Å². The zero-order chi connectivity index (χ0) is 19.6. The van der Waals surface area contributed by atoms with Gasteiger partial charge in [0.05, 0.1) is 10.6 Å². The molecule has 8 nitrogen and oxygen atoms in total. The van der Waals surface area contributed by atoms with E-state index in [9.17, 15) is 18.0 Å². The average molecular weight is 432 g/mol. The SMILES string of the molecule is CC(NC(=O)c1ccco1)C(=O)N1CCN(S(=O)(=O)c2ccc(Cl)s2)CC1. The second kappa shape index (κ2) is 8.01. The molecule has 2 aromatic heterocycles. The quantitative estimate of drug-likeness (QED) is 0.775. The van der Waals surface area contributed by atoms with E-state index in [-0.39, 0.29) is 42.1 Å². The molecule has 2 amide bonds. The van der Waals surface area contributed by atoms with Crippen LogP contribution < -0.4 is 5.32 Å². The van der Waals surface area contributed by atoms with E-state index in [1.54, 1.807) is 24.0 Å². The Bertz CT molecular complexity index is 918. The Kier molecular flexibility index (Phi) is 5.89. The molecule has 0 saturated carbocycles. The van der Waals surface area contributed by atoms with Gasteiger partial charge in [-0.2, -0.15) is 4.31 Å². The lowest BCUT2D eigenvalue weighted by Gasteiger charge is -2.35. The summed E-state index contributed by atoms with van der Waals surface area (Å²) in [5, 5.41) is 2.58. The Morgan fingerprint density at radius 1 is 1.22 bits per heavy atom. The van der Waals surface area contributed by atoms with Gasteiger partial charge in [-0.1, -0.05) is 11.6 Å². The van der Waals surface area contributed by atoms with Gasteiger partial charge in [0, 0.05) is 26.2 Å². The van der Waals surface area contributed by atoms with E-state index in [0.29, 0.717) is 4.34 Å². The van der Waals surface area contributed by atoms with Crippen LogP contribution in [0.4, 0.5) is 0 Å². The molecule has 2 aromatic rings. The molecule has 0 spiro atoms. The fraction of sp³-hybridized carbons (Fsp3) is 0.375. The van der Waals surface area contributed by atoms with Crippen molar-refractivity contribution in [3.8, 4) is 0 Å². The molecule has 1 aliphatic heterocycles. The van der Waals surface area contributed by atoms with E-state index in [1.165, 1.54) is 22.7 Å². The highest BCUT2D eigenvalue weighted by molar-refractivity contribution is 7.91. The Hall–Kier alpha value is -1.88. The number of piperazine rings is 1. The monoisotopic (exact) mass is 431 g/mol. The van der Waals surface area contributed by atoms with E-state index in [1.807, 2.05) is 0 Å². The zero-order valence-corrected chi connectivity index (χ0v) is 16.8. The van der Waals surface area contributed by atoms with E-state index in [4.69, 9.17) is 16.0 Å². The molecule has 0 bridgehead atoms. The highest BCUT2D eigenvalue weighted by Crippen LogP contribution is 2.28. The van der Waals surface area contributed by atoms with Crippen molar-refractivity contribution in [2.75, 3.05) is 26.2 Å². The Labute approximate surface area is 165 Å². The number of thiophene rings is 1. The highest BCUT2D eigenvalue weighted by atomic mass is 35.5. The third kappa shape index (κ3) is 4.34. The standard InChI is InChI=1S/C16H18ClN3O5S2/c1-11(18-15(21)12-3-2-10-25-12)16(22)19-6-8-20(9-7-19)27(23,24)14-5-4-13(17)26-14/h2-5,10-11H,6-9H2,1H3,(H,18,21). The summed E-state index contributed by atoms with van der Waals surface area (Å²) >= 11 is 6.83. The van der Waals surface area contributed by atoms with Gasteiger partial charge in [0.25, 0.3) is 15.9 Å². The molecule has 1 unspecified atom stereocenters. The maximum atomic E-state index is 12.6. The number of furan rings is 1. The first-order valence-corrected chi connectivity index (χ1v) is 10.8. The predicted molar refractivity (Wildman–Crippen MR) is 100 cm³/mol. The second-order valence-electron chi connectivity index (χ2n) is 5.96. The van der Waals surface area contributed by atoms with Crippen molar-refractivity contribution in [2.24, 2.45) is 0 Å². The number of halogens is 1. The van der Waals surface area contributed by atoms with E-state index < -0.39 is 22.0 Å². The van der Waals surface area contributed by atoms with Crippen LogP contribution in [0, 0.1) is 0 Å². The van der Waals surface area contributed by atoms with Crippen molar-refractivity contribution < 1.29 is 22.4 Å². The van der Waals surface area contributed by atoms with Crippen LogP contribution in [0.3, 0.4) is 0 Å². The molecule has 0 radical (unpaired) electrons. The summed E-state index contributed by atoms with van der Waals surface area (Å²) in [6.07, 6.45) is 1.38. The first-order chi connectivity index (χ1) is 12.8. The van der Waals surface area contributed by atoms with Crippen LogP contribution in [0.5, 0.6) is 0 Å². The normalized spacial score (nSPS) is 16.9. The number of hydrogen-bond donors (Lipinski definition) is 1. The lowest BCUT2D eigenvalue weighted by Crippen LogP contribution is -2.55. The molecule has 3 heterocycles. The van der Waals surface area contributed by atoms with E-state index in [0.717, 1.165) is 11.3 Å². The number of nitrogens with zero attached hydrogens (tertiary/aromatic N) is 2. The molecule has 146 valence electrons. The van der Waals surface area contributed by atoms with Gasteiger partial charge in [0.2, 0.25) is 5.91 Å². The molecule has 1 fully saturated rings. The van der Waals surface area contributed by atoms with Crippen molar-refractivity contribution in [1.29, 1.82) is 0 Å². The number of amides is 2. The van der Waals surface area contributed by atoms with Gasteiger partial charge in [-0.05, 0) is 31.2 Å².